The highest BCUT2D eigenvalue weighted by Gasteiger charge is 2.40. The van der Waals surface area contributed by atoms with Crippen LogP contribution in [0.2, 0.25) is 0 Å². The first-order chi connectivity index (χ1) is 30.6. The van der Waals surface area contributed by atoms with Gasteiger partial charge in [0.05, 0.1) is 58.7 Å². The molecule has 2 bridgehead atoms. The first kappa shape index (κ1) is 41.1. The number of carbonyl (C=O) groups excluding carboxylic acids is 3. The molecule has 18 heteroatoms. The quantitative estimate of drug-likeness (QED) is 0.150. The van der Waals surface area contributed by atoms with Gasteiger partial charge in [-0.15, -0.1) is 0 Å². The Balaban J connectivity index is 0.700. The van der Waals surface area contributed by atoms with Crippen molar-refractivity contribution >= 4 is 45.9 Å². The molecule has 63 heavy (non-hydrogen) atoms. The lowest BCUT2D eigenvalue weighted by Gasteiger charge is -2.36. The molecule has 16 nitrogen and oxygen atoms in total. The Hall–Kier alpha value is -5.90. The lowest BCUT2D eigenvalue weighted by molar-refractivity contribution is -0.135. The maximum absolute atomic E-state index is 14.3. The number of imidazole rings is 1. The maximum Gasteiger partial charge on any atom is 0.329 e. The van der Waals surface area contributed by atoms with Crippen LogP contribution in [0.3, 0.4) is 0 Å². The number of nitrogens with one attached hydrogen (secondary N) is 2. The number of halogens is 2. The molecule has 330 valence electrons. The van der Waals surface area contributed by atoms with Crippen LogP contribution in [0, 0.1) is 17.8 Å². The zero-order chi connectivity index (χ0) is 43.4. The van der Waals surface area contributed by atoms with Crippen molar-refractivity contribution < 1.29 is 32.6 Å². The summed E-state index contributed by atoms with van der Waals surface area (Å²) in [6.07, 6.45) is 9.29. The molecule has 0 radical (unpaired) electrons. The van der Waals surface area contributed by atoms with Crippen LogP contribution in [0.4, 0.5) is 20.3 Å². The second-order valence-electron chi connectivity index (χ2n) is 17.5. The predicted molar refractivity (Wildman–Crippen MR) is 228 cm³/mol. The van der Waals surface area contributed by atoms with Crippen LogP contribution in [-0.2, 0) is 26.1 Å². The SMILES string of the molecule is Cn1c(=O)n(C2CCC(=O)NC2=O)c2cccc(C#CCOC3CCN(CC4CCC(n5cc(NC(=O)c6ccn7ccc(N8C[C@@H]9C[C@H]8CO9)nc67)c(C(F)F)n5)CC4)CC3)c21. The molecule has 0 spiro atoms. The van der Waals surface area contributed by atoms with E-state index in [2.05, 4.69) is 37.4 Å². The van der Waals surface area contributed by atoms with Gasteiger partial charge < -0.3 is 29.0 Å². The van der Waals surface area contributed by atoms with Crippen LogP contribution in [0.15, 0.2) is 53.7 Å². The van der Waals surface area contributed by atoms with Gasteiger partial charge in [-0.05, 0) is 81.5 Å². The summed E-state index contributed by atoms with van der Waals surface area (Å²) in [6, 6.07) is 8.49. The summed E-state index contributed by atoms with van der Waals surface area (Å²) in [5, 5.41) is 9.37. The van der Waals surface area contributed by atoms with Gasteiger partial charge in [0.2, 0.25) is 11.8 Å². The minimum absolute atomic E-state index is 0.0174. The van der Waals surface area contributed by atoms with E-state index in [0.717, 1.165) is 76.9 Å². The first-order valence-corrected chi connectivity index (χ1v) is 22.0. The molecule has 1 unspecified atom stereocenters. The van der Waals surface area contributed by atoms with Crippen molar-refractivity contribution in [2.24, 2.45) is 13.0 Å². The van der Waals surface area contributed by atoms with Crippen molar-refractivity contribution in [3.63, 3.8) is 0 Å². The van der Waals surface area contributed by atoms with E-state index < -0.39 is 30.0 Å². The van der Waals surface area contributed by atoms with E-state index >= 15 is 0 Å². The first-order valence-electron chi connectivity index (χ1n) is 22.0. The van der Waals surface area contributed by atoms with Gasteiger partial charge in [0.15, 0.2) is 11.3 Å². The van der Waals surface area contributed by atoms with Gasteiger partial charge in [-0.2, -0.15) is 5.10 Å². The number of rotatable bonds is 10. The fourth-order valence-corrected chi connectivity index (χ4v) is 10.3. The third-order valence-electron chi connectivity index (χ3n) is 13.6. The molecule has 3 atom stereocenters. The largest absolute Gasteiger partial charge is 0.374 e. The number of anilines is 2. The number of ether oxygens (including phenoxy) is 2. The molecule has 5 aliphatic rings. The second kappa shape index (κ2) is 17.0. The molecule has 4 saturated heterocycles. The molecule has 1 saturated carbocycles. The summed E-state index contributed by atoms with van der Waals surface area (Å²) in [6.45, 7) is 4.45. The fraction of sp³-hybridized carbons (Fsp3) is 0.511. The lowest BCUT2D eigenvalue weighted by Crippen LogP contribution is -2.44. The molecule has 10 rings (SSSR count). The Labute approximate surface area is 361 Å². The number of benzene rings is 1. The number of alkyl halides is 2. The van der Waals surface area contributed by atoms with Crippen LogP contribution in [0.25, 0.3) is 16.7 Å². The zero-order valence-electron chi connectivity index (χ0n) is 35.0. The number of nitrogens with zero attached hydrogens (tertiary/aromatic N) is 8. The Bertz CT molecular complexity index is 2700. The number of piperidine rings is 2. The van der Waals surface area contributed by atoms with E-state index in [1.54, 1.807) is 40.7 Å². The van der Waals surface area contributed by atoms with Gasteiger partial charge in [-0.1, -0.05) is 17.9 Å². The number of aromatic nitrogens is 6. The fourth-order valence-electron chi connectivity index (χ4n) is 10.3. The highest BCUT2D eigenvalue weighted by atomic mass is 19.3. The minimum Gasteiger partial charge on any atom is -0.374 e. The maximum atomic E-state index is 14.3. The Morgan fingerprint density at radius 2 is 1.84 bits per heavy atom. The van der Waals surface area contributed by atoms with Crippen molar-refractivity contribution in [2.75, 3.05) is 49.6 Å². The van der Waals surface area contributed by atoms with E-state index in [0.29, 0.717) is 40.3 Å². The summed E-state index contributed by atoms with van der Waals surface area (Å²) in [4.78, 5) is 60.6. The number of imide groups is 1. The highest BCUT2D eigenvalue weighted by Crippen LogP contribution is 2.36. The molecular weight excluding hydrogens is 815 g/mol. The Morgan fingerprint density at radius 1 is 1.03 bits per heavy atom. The van der Waals surface area contributed by atoms with Gasteiger partial charge in [0, 0.05) is 58.2 Å². The molecular formula is C45H50F2N10O6. The number of hydrogen-bond acceptors (Lipinski definition) is 10. The third-order valence-corrected chi connectivity index (χ3v) is 13.6. The number of hydrogen-bond donors (Lipinski definition) is 2. The van der Waals surface area contributed by atoms with Crippen molar-refractivity contribution in [1.29, 1.82) is 0 Å². The van der Waals surface area contributed by atoms with E-state index in [1.165, 1.54) is 9.13 Å². The normalized spacial score (nSPS) is 24.4. The zero-order valence-corrected chi connectivity index (χ0v) is 35.0. The van der Waals surface area contributed by atoms with Gasteiger partial charge >= 0.3 is 5.69 Å². The van der Waals surface area contributed by atoms with Crippen molar-refractivity contribution in [2.45, 2.75) is 94.5 Å². The molecule has 3 amide bonds. The smallest absolute Gasteiger partial charge is 0.329 e. The molecule has 5 fully saturated rings. The van der Waals surface area contributed by atoms with E-state index in [9.17, 15) is 28.0 Å². The predicted octanol–water partition coefficient (Wildman–Crippen LogP) is 4.59. The van der Waals surface area contributed by atoms with E-state index in [4.69, 9.17) is 14.5 Å². The molecule has 5 aromatic rings. The molecule has 1 aliphatic carbocycles. The van der Waals surface area contributed by atoms with Crippen LogP contribution >= 0.6 is 0 Å². The highest BCUT2D eigenvalue weighted by molar-refractivity contribution is 6.08. The average Bonchev–Trinajstić information content (AvgIpc) is 4.13. The molecule has 4 aliphatic heterocycles. The number of aryl methyl sites for hydroxylation is 1. The average molecular weight is 865 g/mol. The van der Waals surface area contributed by atoms with Crippen LogP contribution in [0.1, 0.15) is 97.9 Å². The summed E-state index contributed by atoms with van der Waals surface area (Å²) in [7, 11) is 1.66. The van der Waals surface area contributed by atoms with Crippen molar-refractivity contribution in [3.8, 4) is 11.8 Å². The molecule has 8 heterocycles. The monoisotopic (exact) mass is 864 g/mol. The molecule has 1 aromatic carbocycles. The topological polar surface area (TPSA) is 162 Å². The summed E-state index contributed by atoms with van der Waals surface area (Å²) in [5.41, 5.74) is 1.90. The summed E-state index contributed by atoms with van der Waals surface area (Å²) >= 11 is 0. The summed E-state index contributed by atoms with van der Waals surface area (Å²) < 4.78 is 46.8. The Morgan fingerprint density at radius 3 is 2.59 bits per heavy atom. The number of carbonyl (C=O) groups is 3. The van der Waals surface area contributed by atoms with Gasteiger partial charge in [0.25, 0.3) is 12.3 Å². The second-order valence-corrected chi connectivity index (χ2v) is 17.5. The third kappa shape index (κ3) is 8.02. The number of amides is 3. The Kier molecular flexibility index (Phi) is 11.1. The number of likely N-dealkylation sites (tertiary alicyclic amines) is 1. The number of morpholine rings is 1. The summed E-state index contributed by atoms with van der Waals surface area (Å²) in [5.74, 6) is 6.23. The molecule has 4 aromatic heterocycles. The minimum atomic E-state index is -2.85. The van der Waals surface area contributed by atoms with E-state index in [-0.39, 0.29) is 61.0 Å². The van der Waals surface area contributed by atoms with Crippen LogP contribution < -0.4 is 21.2 Å². The van der Waals surface area contributed by atoms with E-state index in [1.807, 2.05) is 24.4 Å². The lowest BCUT2D eigenvalue weighted by atomic mass is 9.85. The number of fused-ring (bicyclic) bond motifs is 4. The van der Waals surface area contributed by atoms with Crippen molar-refractivity contribution in [3.05, 3.63) is 76.2 Å². The number of para-hydroxylation sites is 1. The van der Waals surface area contributed by atoms with Gasteiger partial charge in [0.1, 0.15) is 18.5 Å². The molecule has 2 N–H and O–H groups in total. The van der Waals surface area contributed by atoms with Crippen molar-refractivity contribution in [1.82, 2.24) is 38.5 Å². The standard InChI is InChI=1S/C45H50F2N10O6/c1-52-40-28(4-2-6-35(40)57(45(52)61)36-11-12-38(58)50-44(36)60)5-3-21-62-31-13-17-53(18-14-31)23-27-7-9-29(10-8-27)56-25-34(39(51-56)41(46)47)48-43(59)33-15-19-54-20-16-37(49-42(33)54)55-24-32-22-30(55)26-63-32/h2,4,6,15-16,19-20,25,27,29-32,36,41H,7-14,17-18,21-24,26H2,1H3,(H,48,59)(H,50,58,60)/t27?,29?,30-,32-,36?/m0/s1. The van der Waals surface area contributed by atoms with Crippen LogP contribution in [0.5, 0.6) is 0 Å². The van der Waals surface area contributed by atoms with Crippen LogP contribution in [-0.4, -0.2) is 109 Å². The van der Waals surface area contributed by atoms with Gasteiger partial charge in [-0.25, -0.2) is 18.6 Å². The van der Waals surface area contributed by atoms with Gasteiger partial charge in [-0.3, -0.25) is 33.5 Å².